The number of aliphatic carboxylic acids is 1. The Kier molecular flexibility index (Phi) is 5.24. The predicted molar refractivity (Wildman–Crippen MR) is 63.8 cm³/mol. The van der Waals surface area contributed by atoms with E-state index in [-0.39, 0.29) is 17.1 Å². The average molecular weight is 289 g/mol. The third kappa shape index (κ3) is 3.56. The normalized spacial score (nSPS) is 11.8. The summed E-state index contributed by atoms with van der Waals surface area (Å²) in [6.45, 7) is -3.08. The number of methoxy groups -OCH3 is 1. The summed E-state index contributed by atoms with van der Waals surface area (Å²) in [5, 5.41) is 9.11. The molecule has 0 aliphatic carbocycles. The molecule has 0 heterocycles. The van der Waals surface area contributed by atoms with Crippen LogP contribution in [0.4, 0.5) is 8.78 Å². The van der Waals surface area contributed by atoms with Crippen LogP contribution in [0.15, 0.2) is 18.2 Å². The van der Waals surface area contributed by atoms with Gasteiger partial charge in [-0.3, -0.25) is 4.79 Å². The molecule has 110 valence electrons. The summed E-state index contributed by atoms with van der Waals surface area (Å²) in [4.78, 5) is 22.8. The van der Waals surface area contributed by atoms with E-state index in [0.717, 1.165) is 11.0 Å². The Bertz CT molecular complexity index is 495. The van der Waals surface area contributed by atoms with E-state index in [1.165, 1.54) is 26.3 Å². The maximum absolute atomic E-state index is 12.3. The lowest BCUT2D eigenvalue weighted by atomic mass is 10.1. The number of likely N-dealkylation sites (N-methyl/N-ethyl adjacent to an activating group) is 1. The zero-order chi connectivity index (χ0) is 15.3. The van der Waals surface area contributed by atoms with Crippen LogP contribution in [0.25, 0.3) is 0 Å². The molecule has 0 aliphatic heterocycles. The highest BCUT2D eigenvalue weighted by atomic mass is 19.3. The Morgan fingerprint density at radius 1 is 1.40 bits per heavy atom. The molecule has 0 aliphatic rings. The smallest absolute Gasteiger partial charge is 0.387 e. The Hall–Kier alpha value is -2.38. The van der Waals surface area contributed by atoms with Crippen LogP contribution in [-0.4, -0.2) is 43.2 Å². The summed E-state index contributed by atoms with van der Waals surface area (Å²) in [6, 6.07) is 2.44. The van der Waals surface area contributed by atoms with Gasteiger partial charge in [0.2, 0.25) is 6.41 Å². The third-order valence-electron chi connectivity index (χ3n) is 2.53. The Morgan fingerprint density at radius 3 is 2.50 bits per heavy atom. The van der Waals surface area contributed by atoms with E-state index in [9.17, 15) is 18.4 Å². The molecule has 0 aromatic heterocycles. The second-order valence-electron chi connectivity index (χ2n) is 3.80. The first-order valence-corrected chi connectivity index (χ1v) is 5.43. The number of amides is 1. The lowest BCUT2D eigenvalue weighted by molar-refractivity contribution is -0.145. The molecule has 1 aromatic carbocycles. The van der Waals surface area contributed by atoms with Crippen molar-refractivity contribution in [1.82, 2.24) is 4.90 Å². The highest BCUT2D eigenvalue weighted by Gasteiger charge is 2.25. The summed E-state index contributed by atoms with van der Waals surface area (Å²) in [5.74, 6) is -1.56. The van der Waals surface area contributed by atoms with Crippen molar-refractivity contribution in [3.05, 3.63) is 23.8 Å². The molecular weight excluding hydrogens is 276 g/mol. The van der Waals surface area contributed by atoms with E-state index >= 15 is 0 Å². The third-order valence-corrected chi connectivity index (χ3v) is 2.53. The number of benzene rings is 1. The zero-order valence-corrected chi connectivity index (χ0v) is 10.7. The second-order valence-corrected chi connectivity index (χ2v) is 3.80. The summed E-state index contributed by atoms with van der Waals surface area (Å²) in [6.07, 6.45) is 0.330. The van der Waals surface area contributed by atoms with Crippen molar-refractivity contribution in [2.75, 3.05) is 14.2 Å². The number of hydrogen-bond acceptors (Lipinski definition) is 4. The highest BCUT2D eigenvalue weighted by molar-refractivity contribution is 5.78. The van der Waals surface area contributed by atoms with Gasteiger partial charge in [0, 0.05) is 7.05 Å². The fourth-order valence-corrected chi connectivity index (χ4v) is 1.66. The molecule has 8 heteroatoms. The fraction of sp³-hybridized carbons (Fsp3) is 0.333. The number of carbonyl (C=O) groups excluding carboxylic acids is 1. The maximum atomic E-state index is 12.3. The van der Waals surface area contributed by atoms with Gasteiger partial charge in [-0.1, -0.05) is 6.07 Å². The average Bonchev–Trinajstić information content (AvgIpc) is 2.38. The lowest BCUT2D eigenvalue weighted by Crippen LogP contribution is -2.29. The number of carboxylic acids is 1. The van der Waals surface area contributed by atoms with E-state index < -0.39 is 18.6 Å². The van der Waals surface area contributed by atoms with Crippen LogP contribution in [0.3, 0.4) is 0 Å². The van der Waals surface area contributed by atoms with Crippen LogP contribution in [-0.2, 0) is 9.59 Å². The molecule has 0 radical (unpaired) electrons. The molecule has 1 unspecified atom stereocenters. The SMILES string of the molecule is COc1ccc(C(C(=O)O)N(C)C=O)cc1OC(F)F. The Morgan fingerprint density at radius 2 is 2.05 bits per heavy atom. The van der Waals surface area contributed by atoms with Gasteiger partial charge in [0.05, 0.1) is 7.11 Å². The van der Waals surface area contributed by atoms with Gasteiger partial charge in [-0.2, -0.15) is 8.78 Å². The van der Waals surface area contributed by atoms with Crippen LogP contribution in [0, 0.1) is 0 Å². The molecule has 1 amide bonds. The van der Waals surface area contributed by atoms with E-state index in [1.54, 1.807) is 0 Å². The molecule has 1 rings (SSSR count). The van der Waals surface area contributed by atoms with Gasteiger partial charge in [0.15, 0.2) is 17.5 Å². The van der Waals surface area contributed by atoms with Crippen LogP contribution < -0.4 is 9.47 Å². The number of nitrogens with zero attached hydrogens (tertiary/aromatic N) is 1. The fourth-order valence-electron chi connectivity index (χ4n) is 1.66. The highest BCUT2D eigenvalue weighted by Crippen LogP contribution is 2.32. The minimum Gasteiger partial charge on any atom is -0.493 e. The first kappa shape index (κ1) is 15.7. The topological polar surface area (TPSA) is 76.1 Å². The van der Waals surface area contributed by atoms with E-state index in [2.05, 4.69) is 4.74 Å². The monoisotopic (exact) mass is 289 g/mol. The number of hydrogen-bond donors (Lipinski definition) is 1. The quantitative estimate of drug-likeness (QED) is 0.770. The Balaban J connectivity index is 3.23. The summed E-state index contributed by atoms with van der Waals surface area (Å²) >= 11 is 0. The minimum atomic E-state index is -3.08. The van der Waals surface area contributed by atoms with Crippen molar-refractivity contribution < 1.29 is 33.0 Å². The maximum Gasteiger partial charge on any atom is 0.387 e. The standard InChI is InChI=1S/C12H13F2NO5/c1-15(6-16)10(11(17)18)7-3-4-8(19-2)9(5-7)20-12(13)14/h3-6,10,12H,1-2H3,(H,17,18). The van der Waals surface area contributed by atoms with Crippen LogP contribution >= 0.6 is 0 Å². The first-order chi connectivity index (χ1) is 9.40. The van der Waals surface area contributed by atoms with Crippen LogP contribution in [0.5, 0.6) is 11.5 Å². The number of ether oxygens (including phenoxy) is 2. The number of rotatable bonds is 7. The summed E-state index contributed by atoms with van der Waals surface area (Å²) in [5.41, 5.74) is 0.114. The van der Waals surface area contributed by atoms with Crippen molar-refractivity contribution in [3.8, 4) is 11.5 Å². The molecule has 0 saturated carbocycles. The van der Waals surface area contributed by atoms with E-state index in [1.807, 2.05) is 0 Å². The van der Waals surface area contributed by atoms with Gasteiger partial charge in [-0.25, -0.2) is 4.79 Å². The van der Waals surface area contributed by atoms with Crippen molar-refractivity contribution in [1.29, 1.82) is 0 Å². The van der Waals surface area contributed by atoms with Gasteiger partial charge < -0.3 is 19.5 Å². The van der Waals surface area contributed by atoms with Gasteiger partial charge >= 0.3 is 12.6 Å². The van der Waals surface area contributed by atoms with Gasteiger partial charge in [0.25, 0.3) is 0 Å². The van der Waals surface area contributed by atoms with Crippen LogP contribution in [0.2, 0.25) is 0 Å². The molecule has 1 N–H and O–H groups in total. The van der Waals surface area contributed by atoms with Crippen molar-refractivity contribution >= 4 is 12.4 Å². The molecule has 0 saturated heterocycles. The summed E-state index contributed by atoms with van der Waals surface area (Å²) in [7, 11) is 2.53. The summed E-state index contributed by atoms with van der Waals surface area (Å²) < 4.78 is 33.7. The molecule has 1 atom stereocenters. The van der Waals surface area contributed by atoms with Gasteiger partial charge in [0.1, 0.15) is 0 Å². The van der Waals surface area contributed by atoms with Crippen molar-refractivity contribution in [2.24, 2.45) is 0 Å². The van der Waals surface area contributed by atoms with Crippen molar-refractivity contribution in [3.63, 3.8) is 0 Å². The molecule has 6 nitrogen and oxygen atoms in total. The molecule has 0 bridgehead atoms. The molecule has 1 aromatic rings. The molecule has 0 fully saturated rings. The number of carboxylic acid groups (broad SMARTS) is 1. The van der Waals surface area contributed by atoms with Crippen LogP contribution in [0.1, 0.15) is 11.6 Å². The minimum absolute atomic E-state index is 0.0342. The van der Waals surface area contributed by atoms with Gasteiger partial charge in [-0.15, -0.1) is 0 Å². The van der Waals surface area contributed by atoms with E-state index in [4.69, 9.17) is 9.84 Å². The first-order valence-electron chi connectivity index (χ1n) is 5.43. The van der Waals surface area contributed by atoms with Crippen molar-refractivity contribution in [2.45, 2.75) is 12.7 Å². The second kappa shape index (κ2) is 6.69. The molecular formula is C12H13F2NO5. The Labute approximate surface area is 113 Å². The zero-order valence-electron chi connectivity index (χ0n) is 10.7. The van der Waals surface area contributed by atoms with E-state index in [0.29, 0.717) is 6.41 Å². The number of halogens is 2. The van der Waals surface area contributed by atoms with Gasteiger partial charge in [-0.05, 0) is 17.7 Å². The lowest BCUT2D eigenvalue weighted by Gasteiger charge is -2.21. The number of carbonyl (C=O) groups is 2. The molecule has 20 heavy (non-hydrogen) atoms. The number of alkyl halides is 2. The largest absolute Gasteiger partial charge is 0.493 e. The predicted octanol–water partition coefficient (Wildman–Crippen LogP) is 1.51. The molecule has 0 spiro atoms.